The van der Waals surface area contributed by atoms with Gasteiger partial charge in [0.05, 0.1) is 0 Å². The van der Waals surface area contributed by atoms with E-state index in [0.29, 0.717) is 11.3 Å². The van der Waals surface area contributed by atoms with Crippen molar-refractivity contribution in [1.29, 1.82) is 0 Å². The molecule has 1 aliphatic heterocycles. The van der Waals surface area contributed by atoms with E-state index >= 15 is 0 Å². The summed E-state index contributed by atoms with van der Waals surface area (Å²) in [7, 11) is 0. The normalized spacial score (nSPS) is 19.1. The summed E-state index contributed by atoms with van der Waals surface area (Å²) in [5, 5.41) is 7.07. The van der Waals surface area contributed by atoms with Crippen LogP contribution in [0.1, 0.15) is 38.7 Å². The van der Waals surface area contributed by atoms with Crippen molar-refractivity contribution in [3.8, 4) is 5.75 Å². The number of carbonyl (C=O) groups excluding carboxylic acids is 1. The van der Waals surface area contributed by atoms with E-state index in [9.17, 15) is 4.79 Å². The van der Waals surface area contributed by atoms with Crippen LogP contribution in [0.4, 0.5) is 0 Å². The second kappa shape index (κ2) is 13.3. The summed E-state index contributed by atoms with van der Waals surface area (Å²) >= 11 is 2.07. The van der Waals surface area contributed by atoms with E-state index in [4.69, 9.17) is 9.73 Å². The van der Waals surface area contributed by atoms with Gasteiger partial charge < -0.3 is 20.3 Å². The van der Waals surface area contributed by atoms with Crippen molar-refractivity contribution in [3.63, 3.8) is 0 Å². The molecule has 2 fully saturated rings. The monoisotopic (exact) mass is 546 g/mol. The van der Waals surface area contributed by atoms with Crippen LogP contribution in [-0.2, 0) is 11.2 Å². The zero-order chi connectivity index (χ0) is 20.5. The highest BCUT2D eigenvalue weighted by Gasteiger charge is 2.23. The Morgan fingerprint density at radius 1 is 1.27 bits per heavy atom. The first-order chi connectivity index (χ1) is 14.2. The lowest BCUT2D eigenvalue weighted by Crippen LogP contribution is -2.48. The SMILES string of the molecule is CCNC(=NCCc1ccc(OCC(=O)NC2CC2)cc1)N1CCSC(CC)C1.I. The molecule has 1 aliphatic carbocycles. The number of nitrogens with one attached hydrogen (secondary N) is 2. The molecule has 2 N–H and O–H groups in total. The Morgan fingerprint density at radius 2 is 2.03 bits per heavy atom. The van der Waals surface area contributed by atoms with Crippen LogP contribution in [0.5, 0.6) is 5.75 Å². The van der Waals surface area contributed by atoms with Crippen molar-refractivity contribution in [1.82, 2.24) is 15.5 Å². The predicted molar refractivity (Wildman–Crippen MR) is 136 cm³/mol. The van der Waals surface area contributed by atoms with Crippen molar-refractivity contribution >= 4 is 47.6 Å². The first-order valence-electron chi connectivity index (χ1n) is 10.8. The number of thioether (sulfide) groups is 1. The molecule has 1 saturated heterocycles. The molecule has 30 heavy (non-hydrogen) atoms. The van der Waals surface area contributed by atoms with Crippen LogP contribution in [0.3, 0.4) is 0 Å². The molecular weight excluding hydrogens is 511 g/mol. The van der Waals surface area contributed by atoms with Crippen LogP contribution >= 0.6 is 35.7 Å². The number of aliphatic imine (C=N–C) groups is 1. The number of halogens is 1. The highest BCUT2D eigenvalue weighted by Crippen LogP contribution is 2.21. The Bertz CT molecular complexity index is 682. The van der Waals surface area contributed by atoms with Crippen molar-refractivity contribution < 1.29 is 9.53 Å². The fourth-order valence-electron chi connectivity index (χ4n) is 3.27. The fourth-order valence-corrected chi connectivity index (χ4v) is 4.45. The van der Waals surface area contributed by atoms with Crippen LogP contribution in [0.25, 0.3) is 0 Å². The van der Waals surface area contributed by atoms with E-state index in [1.54, 1.807) is 0 Å². The smallest absolute Gasteiger partial charge is 0.258 e. The molecule has 1 saturated carbocycles. The molecule has 168 valence electrons. The number of guanidine groups is 1. The summed E-state index contributed by atoms with van der Waals surface area (Å²) < 4.78 is 5.57. The third-order valence-electron chi connectivity index (χ3n) is 5.13. The highest BCUT2D eigenvalue weighted by atomic mass is 127. The lowest BCUT2D eigenvalue weighted by atomic mass is 10.1. The zero-order valence-electron chi connectivity index (χ0n) is 18.1. The van der Waals surface area contributed by atoms with E-state index in [1.165, 1.54) is 17.7 Å². The Morgan fingerprint density at radius 3 is 2.70 bits per heavy atom. The number of hydrogen-bond donors (Lipinski definition) is 2. The third-order valence-corrected chi connectivity index (χ3v) is 6.50. The van der Waals surface area contributed by atoms with Gasteiger partial charge in [-0.1, -0.05) is 19.1 Å². The number of rotatable bonds is 9. The molecule has 1 unspecified atom stereocenters. The minimum Gasteiger partial charge on any atom is -0.484 e. The molecule has 0 spiro atoms. The molecule has 1 atom stereocenters. The molecule has 0 radical (unpaired) electrons. The minimum absolute atomic E-state index is 0. The molecule has 3 rings (SSSR count). The molecular formula is C22H35IN4O2S. The maximum Gasteiger partial charge on any atom is 0.258 e. The van der Waals surface area contributed by atoms with Crippen LogP contribution in [0.15, 0.2) is 29.3 Å². The number of ether oxygens (including phenoxy) is 1. The lowest BCUT2D eigenvalue weighted by Gasteiger charge is -2.34. The van der Waals surface area contributed by atoms with Gasteiger partial charge in [-0.2, -0.15) is 11.8 Å². The minimum atomic E-state index is -0.0386. The van der Waals surface area contributed by atoms with Gasteiger partial charge in [-0.25, -0.2) is 0 Å². The Kier molecular flexibility index (Phi) is 11.1. The third kappa shape index (κ3) is 8.53. The van der Waals surface area contributed by atoms with Crippen molar-refractivity contribution in [3.05, 3.63) is 29.8 Å². The van der Waals surface area contributed by atoms with Gasteiger partial charge in [0.2, 0.25) is 0 Å². The number of nitrogens with zero attached hydrogens (tertiary/aromatic N) is 2. The number of carbonyl (C=O) groups is 1. The zero-order valence-corrected chi connectivity index (χ0v) is 21.2. The van der Waals surface area contributed by atoms with Crippen LogP contribution in [0.2, 0.25) is 0 Å². The summed E-state index contributed by atoms with van der Waals surface area (Å²) in [4.78, 5) is 19.0. The van der Waals surface area contributed by atoms with E-state index in [1.807, 2.05) is 12.1 Å². The molecule has 6 nitrogen and oxygen atoms in total. The Balaban J connectivity index is 0.00000320. The fraction of sp³-hybridized carbons (Fsp3) is 0.636. The van der Waals surface area contributed by atoms with Gasteiger partial charge in [0.1, 0.15) is 5.75 Å². The largest absolute Gasteiger partial charge is 0.484 e. The van der Waals surface area contributed by atoms with Crippen molar-refractivity contribution in [2.45, 2.75) is 50.8 Å². The molecule has 1 heterocycles. The van der Waals surface area contributed by atoms with E-state index in [-0.39, 0.29) is 36.5 Å². The van der Waals surface area contributed by atoms with Gasteiger partial charge in [0, 0.05) is 43.2 Å². The van der Waals surface area contributed by atoms with E-state index < -0.39 is 0 Å². The van der Waals surface area contributed by atoms with Gasteiger partial charge in [-0.3, -0.25) is 9.79 Å². The lowest BCUT2D eigenvalue weighted by molar-refractivity contribution is -0.123. The summed E-state index contributed by atoms with van der Waals surface area (Å²) in [5.41, 5.74) is 1.22. The average molecular weight is 547 g/mol. The van der Waals surface area contributed by atoms with E-state index in [0.717, 1.165) is 57.2 Å². The molecule has 1 aromatic carbocycles. The summed E-state index contributed by atoms with van der Waals surface area (Å²) in [6, 6.07) is 8.35. The standard InChI is InChI=1S/C22H34N4O2S.HI/c1-3-20-15-26(13-14-29-20)22(23-4-2)24-12-11-17-5-9-19(10-6-17)28-16-21(27)25-18-7-8-18;/h5-6,9-10,18,20H,3-4,7-8,11-16H2,1-2H3,(H,23,24)(H,25,27);1H. The Labute approximate surface area is 202 Å². The van der Waals surface area contributed by atoms with Gasteiger partial charge in [0.15, 0.2) is 12.6 Å². The van der Waals surface area contributed by atoms with Crippen LogP contribution in [0, 0.1) is 0 Å². The highest BCUT2D eigenvalue weighted by molar-refractivity contribution is 14.0. The van der Waals surface area contributed by atoms with E-state index in [2.05, 4.69) is 53.3 Å². The first-order valence-corrected chi connectivity index (χ1v) is 11.9. The van der Waals surface area contributed by atoms with Gasteiger partial charge >= 0.3 is 0 Å². The first kappa shape index (κ1) is 25.1. The molecule has 8 heteroatoms. The predicted octanol–water partition coefficient (Wildman–Crippen LogP) is 3.30. The summed E-state index contributed by atoms with van der Waals surface area (Å²) in [6.07, 6.45) is 4.27. The van der Waals surface area contributed by atoms with Gasteiger partial charge in [-0.15, -0.1) is 24.0 Å². The molecule has 2 aliphatic rings. The second-order valence-electron chi connectivity index (χ2n) is 7.61. The number of benzene rings is 1. The second-order valence-corrected chi connectivity index (χ2v) is 9.02. The van der Waals surface area contributed by atoms with Crippen molar-refractivity contribution in [2.24, 2.45) is 4.99 Å². The topological polar surface area (TPSA) is 66.0 Å². The average Bonchev–Trinajstić information content (AvgIpc) is 3.56. The quantitative estimate of drug-likeness (QED) is 0.283. The van der Waals surface area contributed by atoms with Crippen LogP contribution in [-0.4, -0.2) is 66.6 Å². The maximum atomic E-state index is 11.7. The van der Waals surface area contributed by atoms with Crippen molar-refractivity contribution in [2.75, 3.05) is 38.5 Å². The maximum absolute atomic E-state index is 11.7. The molecule has 0 bridgehead atoms. The summed E-state index contributed by atoms with van der Waals surface area (Å²) in [6.45, 7) is 8.25. The summed E-state index contributed by atoms with van der Waals surface area (Å²) in [5.74, 6) is 2.90. The molecule has 1 amide bonds. The number of amides is 1. The van der Waals surface area contributed by atoms with Gasteiger partial charge in [-0.05, 0) is 50.3 Å². The Hall–Kier alpha value is -1.16. The molecule has 1 aromatic rings. The molecule has 0 aromatic heterocycles. The number of hydrogen-bond acceptors (Lipinski definition) is 4. The van der Waals surface area contributed by atoms with Crippen LogP contribution < -0.4 is 15.4 Å². The van der Waals surface area contributed by atoms with Gasteiger partial charge in [0.25, 0.3) is 5.91 Å².